The lowest BCUT2D eigenvalue weighted by Crippen LogP contribution is -2.44. The normalized spacial score (nSPS) is 21.0. The minimum Gasteiger partial charge on any atom is -0.335 e. The summed E-state index contributed by atoms with van der Waals surface area (Å²) in [5.41, 5.74) is 0. The molecule has 2 unspecified atom stereocenters. The molecule has 0 spiro atoms. The van der Waals surface area contributed by atoms with Crippen LogP contribution in [-0.4, -0.2) is 51.5 Å². The number of nitrogens with one attached hydrogen (secondary N) is 1. The number of carbonyl (C=O) groups is 1. The molecule has 6 nitrogen and oxygen atoms in total. The van der Waals surface area contributed by atoms with Crippen molar-refractivity contribution in [3.8, 4) is 0 Å². The Morgan fingerprint density at radius 1 is 1.55 bits per heavy atom. The van der Waals surface area contributed by atoms with Crippen LogP contribution in [0.2, 0.25) is 0 Å². The van der Waals surface area contributed by atoms with Gasteiger partial charge in [0.25, 0.3) is 0 Å². The molecule has 1 aromatic heterocycles. The Labute approximate surface area is 114 Å². The Hall–Kier alpha value is -1.80. The van der Waals surface area contributed by atoms with Crippen LogP contribution in [0.3, 0.4) is 0 Å². The van der Waals surface area contributed by atoms with Crippen LogP contribution in [0.25, 0.3) is 0 Å². The van der Waals surface area contributed by atoms with Gasteiger partial charge < -0.3 is 10.2 Å². The summed E-state index contributed by atoms with van der Waals surface area (Å²) >= 11 is 0. The van der Waals surface area contributed by atoms with Gasteiger partial charge in [0.1, 0.15) is 12.7 Å². The van der Waals surface area contributed by atoms with E-state index in [2.05, 4.69) is 15.4 Å². The first-order valence-electron chi connectivity index (χ1n) is 6.31. The van der Waals surface area contributed by atoms with Crippen molar-refractivity contribution in [2.24, 2.45) is 5.92 Å². The fraction of sp³-hybridized carbons (Fsp3) is 0.727. The molecular weight excluding hydrogens is 275 g/mol. The molecule has 20 heavy (non-hydrogen) atoms. The fourth-order valence-electron chi connectivity index (χ4n) is 2.15. The van der Waals surface area contributed by atoms with Crippen LogP contribution in [0.5, 0.6) is 0 Å². The Morgan fingerprint density at radius 3 is 2.80 bits per heavy atom. The molecule has 1 fully saturated rings. The van der Waals surface area contributed by atoms with E-state index in [1.165, 1.54) is 4.90 Å². The maximum Gasteiger partial charge on any atom is 0.412 e. The van der Waals surface area contributed by atoms with Gasteiger partial charge >= 0.3 is 12.2 Å². The third kappa shape index (κ3) is 3.40. The Bertz CT molecular complexity index is 447. The first-order valence-corrected chi connectivity index (χ1v) is 6.31. The highest BCUT2D eigenvalue weighted by Gasteiger charge is 2.42. The molecule has 0 bridgehead atoms. The van der Waals surface area contributed by atoms with Gasteiger partial charge in [-0.05, 0) is 12.3 Å². The van der Waals surface area contributed by atoms with Crippen molar-refractivity contribution < 1.29 is 18.0 Å². The molecular formula is C11H16F3N5O. The van der Waals surface area contributed by atoms with E-state index in [4.69, 9.17) is 0 Å². The summed E-state index contributed by atoms with van der Waals surface area (Å²) in [6, 6.07) is -2.38. The molecule has 1 aliphatic heterocycles. The van der Waals surface area contributed by atoms with Gasteiger partial charge in [0.15, 0.2) is 6.04 Å². The summed E-state index contributed by atoms with van der Waals surface area (Å²) in [6.07, 6.45) is -1.61. The lowest BCUT2D eigenvalue weighted by Gasteiger charge is -2.23. The van der Waals surface area contributed by atoms with E-state index in [0.717, 1.165) is 19.1 Å². The fourth-order valence-corrected chi connectivity index (χ4v) is 2.15. The van der Waals surface area contributed by atoms with Crippen molar-refractivity contribution in [1.29, 1.82) is 0 Å². The van der Waals surface area contributed by atoms with Crippen molar-refractivity contribution in [3.63, 3.8) is 0 Å². The second-order valence-corrected chi connectivity index (χ2v) is 4.96. The summed E-state index contributed by atoms with van der Waals surface area (Å²) < 4.78 is 39.5. The molecule has 2 heterocycles. The topological polar surface area (TPSA) is 63.1 Å². The Kier molecular flexibility index (Phi) is 4.15. The number of hydrogen-bond donors (Lipinski definition) is 1. The number of rotatable bonds is 3. The van der Waals surface area contributed by atoms with E-state index in [9.17, 15) is 18.0 Å². The van der Waals surface area contributed by atoms with E-state index in [1.54, 1.807) is 0 Å². The van der Waals surface area contributed by atoms with Gasteiger partial charge in [-0.3, -0.25) is 0 Å². The predicted molar refractivity (Wildman–Crippen MR) is 63.9 cm³/mol. The number of likely N-dealkylation sites (tertiary alicyclic amines) is 1. The summed E-state index contributed by atoms with van der Waals surface area (Å²) in [4.78, 5) is 16.8. The van der Waals surface area contributed by atoms with Gasteiger partial charge in [0.05, 0.1) is 6.54 Å². The monoisotopic (exact) mass is 291 g/mol. The molecule has 1 aliphatic rings. The van der Waals surface area contributed by atoms with Crippen LogP contribution in [-0.2, 0) is 0 Å². The van der Waals surface area contributed by atoms with Crippen molar-refractivity contribution in [1.82, 2.24) is 25.0 Å². The van der Waals surface area contributed by atoms with Crippen LogP contribution in [0, 0.1) is 5.92 Å². The number of carbonyl (C=O) groups excluding carboxylic acids is 1. The van der Waals surface area contributed by atoms with Crippen molar-refractivity contribution in [2.45, 2.75) is 25.6 Å². The number of urea groups is 1. The highest BCUT2D eigenvalue weighted by molar-refractivity contribution is 5.74. The maximum absolute atomic E-state index is 12.9. The van der Waals surface area contributed by atoms with E-state index >= 15 is 0 Å². The van der Waals surface area contributed by atoms with Crippen LogP contribution in [0.15, 0.2) is 12.7 Å². The summed E-state index contributed by atoms with van der Waals surface area (Å²) in [5, 5.41) is 5.81. The number of nitrogens with zero attached hydrogens (tertiary/aromatic N) is 4. The maximum atomic E-state index is 12.9. The van der Waals surface area contributed by atoms with Crippen LogP contribution >= 0.6 is 0 Å². The minimum atomic E-state index is -4.50. The second-order valence-electron chi connectivity index (χ2n) is 4.96. The van der Waals surface area contributed by atoms with Gasteiger partial charge in [-0.2, -0.15) is 18.3 Å². The smallest absolute Gasteiger partial charge is 0.335 e. The number of amides is 2. The third-order valence-corrected chi connectivity index (χ3v) is 3.29. The zero-order valence-corrected chi connectivity index (χ0v) is 11.0. The molecule has 9 heteroatoms. The molecule has 2 rings (SSSR count). The van der Waals surface area contributed by atoms with Crippen molar-refractivity contribution >= 4 is 6.03 Å². The second kappa shape index (κ2) is 5.68. The molecule has 0 aliphatic carbocycles. The first kappa shape index (κ1) is 14.6. The largest absolute Gasteiger partial charge is 0.412 e. The van der Waals surface area contributed by atoms with E-state index in [-0.39, 0.29) is 0 Å². The van der Waals surface area contributed by atoms with Gasteiger partial charge in [-0.25, -0.2) is 14.5 Å². The van der Waals surface area contributed by atoms with Gasteiger partial charge in [-0.15, -0.1) is 0 Å². The predicted octanol–water partition coefficient (Wildman–Crippen LogP) is 1.43. The highest BCUT2D eigenvalue weighted by atomic mass is 19.4. The van der Waals surface area contributed by atoms with Crippen molar-refractivity contribution in [3.05, 3.63) is 12.7 Å². The number of hydrogen-bond acceptors (Lipinski definition) is 3. The molecule has 0 radical (unpaired) electrons. The zero-order chi connectivity index (χ0) is 14.8. The molecule has 112 valence electrons. The SMILES string of the molecule is CC1CCN(C(=O)NCC(n2cncn2)C(F)(F)F)C1. The van der Waals surface area contributed by atoms with Gasteiger partial charge in [0, 0.05) is 13.1 Å². The average molecular weight is 291 g/mol. The molecule has 0 saturated carbocycles. The molecule has 2 atom stereocenters. The first-order chi connectivity index (χ1) is 9.38. The summed E-state index contributed by atoms with van der Waals surface area (Å²) in [5.74, 6) is 0.384. The Balaban J connectivity index is 1.94. The van der Waals surface area contributed by atoms with Gasteiger partial charge in [0.2, 0.25) is 0 Å². The summed E-state index contributed by atoms with van der Waals surface area (Å²) in [6.45, 7) is 2.59. The van der Waals surface area contributed by atoms with Crippen LogP contribution in [0.1, 0.15) is 19.4 Å². The summed E-state index contributed by atoms with van der Waals surface area (Å²) in [7, 11) is 0. The highest BCUT2D eigenvalue weighted by Crippen LogP contribution is 2.29. The minimum absolute atomic E-state index is 0.384. The van der Waals surface area contributed by atoms with E-state index in [0.29, 0.717) is 23.7 Å². The Morgan fingerprint density at radius 2 is 2.30 bits per heavy atom. The molecule has 1 aromatic rings. The number of halogens is 3. The lowest BCUT2D eigenvalue weighted by atomic mass is 10.2. The number of aromatic nitrogens is 3. The zero-order valence-electron chi connectivity index (χ0n) is 11.0. The average Bonchev–Trinajstić information content (AvgIpc) is 2.98. The van der Waals surface area contributed by atoms with E-state index < -0.39 is 24.8 Å². The lowest BCUT2D eigenvalue weighted by molar-refractivity contribution is -0.168. The van der Waals surface area contributed by atoms with Crippen LogP contribution < -0.4 is 5.32 Å². The third-order valence-electron chi connectivity index (χ3n) is 3.29. The van der Waals surface area contributed by atoms with E-state index in [1.807, 2.05) is 6.92 Å². The number of alkyl halides is 3. The van der Waals surface area contributed by atoms with Crippen LogP contribution in [0.4, 0.5) is 18.0 Å². The van der Waals surface area contributed by atoms with Gasteiger partial charge in [-0.1, -0.05) is 6.92 Å². The van der Waals surface area contributed by atoms with Crippen molar-refractivity contribution in [2.75, 3.05) is 19.6 Å². The molecule has 2 amide bonds. The standard InChI is InChI=1S/C11H16F3N5O/c1-8-2-3-18(5-8)10(20)16-4-9(11(12,13)14)19-7-15-6-17-19/h6-9H,2-5H2,1H3,(H,16,20). The molecule has 1 N–H and O–H groups in total. The molecule has 0 aromatic carbocycles. The molecule has 1 saturated heterocycles. The quantitative estimate of drug-likeness (QED) is 0.916.